The topological polar surface area (TPSA) is 26.9 Å². The van der Waals surface area contributed by atoms with E-state index in [2.05, 4.69) is 145 Å². The van der Waals surface area contributed by atoms with Crippen molar-refractivity contribution < 1.29 is 8.76 Å². The summed E-state index contributed by atoms with van der Waals surface area (Å²) in [7, 11) is 1.06. The summed E-state index contributed by atoms with van der Waals surface area (Å²) >= 11 is 0. The van der Waals surface area contributed by atoms with Gasteiger partial charge >= 0.3 is 0 Å². The molecule has 4 nitrogen and oxygen atoms in total. The van der Waals surface area contributed by atoms with E-state index in [0.717, 1.165) is 12.1 Å². The van der Waals surface area contributed by atoms with Crippen molar-refractivity contribution >= 4 is 73.5 Å². The van der Waals surface area contributed by atoms with Gasteiger partial charge < -0.3 is 4.20 Å². The molecule has 1 aliphatic heterocycles. The molecular formula is C39H35N3OP+. The molecule has 4 heterocycles. The summed E-state index contributed by atoms with van der Waals surface area (Å²) in [6.07, 6.45) is 6.98. The summed E-state index contributed by atoms with van der Waals surface area (Å²) in [6.45, 7) is 10.1. The third-order valence-corrected chi connectivity index (χ3v) is 11.7. The summed E-state index contributed by atoms with van der Waals surface area (Å²) in [6, 6.07) is 29.3. The third-order valence-electron chi connectivity index (χ3n) is 9.72. The van der Waals surface area contributed by atoms with Gasteiger partial charge in [0.2, 0.25) is 0 Å². The van der Waals surface area contributed by atoms with Gasteiger partial charge in [-0.25, -0.2) is 4.57 Å². The fourth-order valence-corrected chi connectivity index (χ4v) is 9.93. The molecule has 8 aromatic rings. The number of imidazole rings is 1. The first-order valence-corrected chi connectivity index (χ1v) is 16.9. The molecule has 1 atom stereocenters. The maximum absolute atomic E-state index is 7.21. The number of hydrogen-bond donors (Lipinski definition) is 0. The van der Waals surface area contributed by atoms with Crippen LogP contribution in [0.5, 0.6) is 0 Å². The molecule has 0 saturated carbocycles. The van der Waals surface area contributed by atoms with E-state index in [1.54, 1.807) is 0 Å². The zero-order chi connectivity index (χ0) is 29.9. The molecule has 2 bridgehead atoms. The minimum atomic E-state index is -1.19. The van der Waals surface area contributed by atoms with Crippen molar-refractivity contribution in [1.29, 1.82) is 0 Å². The van der Waals surface area contributed by atoms with Crippen LogP contribution < -0.4 is 4.57 Å². The molecule has 5 heteroatoms. The normalized spacial score (nSPS) is 13.8. The number of hydrogen-bond acceptors (Lipinski definition) is 1. The Kier molecular flexibility index (Phi) is 5.44. The number of aryl methyl sites for hydroxylation is 1. The molecule has 0 saturated heterocycles. The fraction of sp³-hybridized carbons (Fsp3) is 0.205. The maximum atomic E-state index is 7.21. The lowest BCUT2D eigenvalue weighted by Crippen LogP contribution is -2.28. The lowest BCUT2D eigenvalue weighted by molar-refractivity contribution is -0.617. The summed E-state index contributed by atoms with van der Waals surface area (Å²) in [4.78, 5) is 0. The van der Waals surface area contributed by atoms with E-state index in [1.165, 1.54) is 76.5 Å². The Bertz CT molecular complexity index is 2520. The highest BCUT2D eigenvalue weighted by atomic mass is 31.1. The van der Waals surface area contributed by atoms with Crippen molar-refractivity contribution in [2.24, 2.45) is 7.05 Å². The SMILES string of the molecule is CC(C)c1cccc(C(C)C)c1-n1cc2c3cccc4c3n(p3oc5cccc6ccc7ccc(c1[n+]2C)c3c7c65)CC=C4. The number of fused-ring (bicyclic) bond motifs is 5. The first-order chi connectivity index (χ1) is 21.4. The van der Waals surface area contributed by atoms with E-state index < -0.39 is 7.74 Å². The quantitative estimate of drug-likeness (QED) is 0.148. The number of aromatic nitrogens is 3. The Hall–Kier alpha value is -4.53. The Morgan fingerprint density at radius 1 is 0.773 bits per heavy atom. The fourth-order valence-electron chi connectivity index (χ4n) is 7.70. The average molecular weight is 593 g/mol. The molecule has 0 fully saturated rings. The highest BCUT2D eigenvalue weighted by Crippen LogP contribution is 2.48. The van der Waals surface area contributed by atoms with Crippen molar-refractivity contribution in [3.05, 3.63) is 108 Å². The van der Waals surface area contributed by atoms with Gasteiger partial charge in [0.05, 0.1) is 23.1 Å². The second-order valence-corrected chi connectivity index (χ2v) is 14.6. The smallest absolute Gasteiger partial charge is 0.295 e. The second-order valence-electron chi connectivity index (χ2n) is 12.9. The Labute approximate surface area is 257 Å². The molecular weight excluding hydrogens is 557 g/mol. The van der Waals surface area contributed by atoms with Crippen molar-refractivity contribution in [1.82, 2.24) is 8.90 Å². The highest BCUT2D eigenvalue weighted by molar-refractivity contribution is 7.43. The van der Waals surface area contributed by atoms with Crippen LogP contribution in [0.2, 0.25) is 0 Å². The summed E-state index contributed by atoms with van der Waals surface area (Å²) in [5.74, 6) is 0.764. The zero-order valence-electron chi connectivity index (χ0n) is 25.8. The molecule has 0 aliphatic carbocycles. The molecule has 44 heavy (non-hydrogen) atoms. The predicted octanol–water partition coefficient (Wildman–Crippen LogP) is 10.7. The number of benzene rings is 5. The van der Waals surface area contributed by atoms with Gasteiger partial charge in [-0.2, -0.15) is 4.57 Å². The zero-order valence-corrected chi connectivity index (χ0v) is 26.7. The monoisotopic (exact) mass is 592 g/mol. The van der Waals surface area contributed by atoms with Gasteiger partial charge in [0.15, 0.2) is 13.3 Å². The van der Waals surface area contributed by atoms with Crippen LogP contribution in [0.1, 0.15) is 56.2 Å². The first kappa shape index (κ1) is 25.9. The molecule has 0 spiro atoms. The Morgan fingerprint density at radius 2 is 1.48 bits per heavy atom. The van der Waals surface area contributed by atoms with Gasteiger partial charge in [0, 0.05) is 33.8 Å². The minimum absolute atomic E-state index is 0.382. The van der Waals surface area contributed by atoms with Gasteiger partial charge in [0.25, 0.3) is 5.65 Å². The predicted molar refractivity (Wildman–Crippen MR) is 186 cm³/mol. The van der Waals surface area contributed by atoms with Crippen LogP contribution in [0, 0.1) is 0 Å². The number of rotatable bonds is 3. The molecule has 216 valence electrons. The molecule has 1 unspecified atom stereocenters. The van der Waals surface area contributed by atoms with E-state index >= 15 is 0 Å². The van der Waals surface area contributed by atoms with Crippen LogP contribution in [0.25, 0.3) is 71.5 Å². The molecule has 1 aliphatic rings. The van der Waals surface area contributed by atoms with Gasteiger partial charge in [0.1, 0.15) is 17.5 Å². The molecule has 0 radical (unpaired) electrons. The second kappa shape index (κ2) is 9.24. The van der Waals surface area contributed by atoms with Crippen LogP contribution in [0.15, 0.2) is 95.3 Å². The molecule has 0 N–H and O–H groups in total. The van der Waals surface area contributed by atoms with E-state index in [0.29, 0.717) is 11.8 Å². The van der Waals surface area contributed by atoms with Gasteiger partial charge in [-0.3, -0.25) is 4.33 Å². The van der Waals surface area contributed by atoms with Crippen LogP contribution in [-0.2, 0) is 13.6 Å². The van der Waals surface area contributed by atoms with Crippen molar-refractivity contribution in [3.8, 4) is 5.69 Å². The maximum Gasteiger partial charge on any atom is 0.295 e. The van der Waals surface area contributed by atoms with Crippen LogP contribution in [0.4, 0.5) is 0 Å². The van der Waals surface area contributed by atoms with E-state index in [1.807, 2.05) is 0 Å². The molecule has 3 aromatic heterocycles. The summed E-state index contributed by atoms with van der Waals surface area (Å²) in [5.41, 5.74) is 9.96. The van der Waals surface area contributed by atoms with Gasteiger partial charge in [-0.05, 0) is 46.4 Å². The third kappa shape index (κ3) is 3.38. The van der Waals surface area contributed by atoms with E-state index in [-0.39, 0.29) is 0 Å². The number of para-hydroxylation sites is 2. The van der Waals surface area contributed by atoms with Crippen LogP contribution in [-0.4, -0.2) is 8.90 Å². The Balaban J connectivity index is 1.66. The van der Waals surface area contributed by atoms with E-state index in [4.69, 9.17) is 4.20 Å². The molecule has 0 amide bonds. The largest absolute Gasteiger partial charge is 0.429 e. The van der Waals surface area contributed by atoms with Crippen molar-refractivity contribution in [3.63, 3.8) is 0 Å². The lowest BCUT2D eigenvalue weighted by Gasteiger charge is -2.19. The summed E-state index contributed by atoms with van der Waals surface area (Å²) < 4.78 is 14.7. The molecule has 5 aromatic carbocycles. The Morgan fingerprint density at radius 3 is 2.25 bits per heavy atom. The highest BCUT2D eigenvalue weighted by Gasteiger charge is 2.29. The van der Waals surface area contributed by atoms with Crippen molar-refractivity contribution in [2.75, 3.05) is 0 Å². The van der Waals surface area contributed by atoms with Crippen LogP contribution in [0.3, 0.4) is 0 Å². The standard InChI is InChI=1S/C39H35N3OP/c1-23(2)28-13-8-14-29(24(3)4)37(28)41-22-32-30-15-6-11-27-12-9-21-42(36(27)30)44-38-31(39(41)40(32)5)20-19-26-18-17-25-10-7-16-33(43-44)34(25)35(26)38/h6-20,22-24H,21H2,1-5H3/q+1. The average Bonchev–Trinajstić information content (AvgIpc) is 3.39. The van der Waals surface area contributed by atoms with Gasteiger partial charge in [-0.1, -0.05) is 101 Å². The van der Waals surface area contributed by atoms with Crippen molar-refractivity contribution in [2.45, 2.75) is 46.1 Å². The van der Waals surface area contributed by atoms with Gasteiger partial charge in [-0.15, -0.1) is 0 Å². The first-order valence-electron chi connectivity index (χ1n) is 15.7. The lowest BCUT2D eigenvalue weighted by atomic mass is 9.92. The number of nitrogens with zero attached hydrogens (tertiary/aromatic N) is 3. The number of allylic oxidation sites excluding steroid dienone is 1. The summed E-state index contributed by atoms with van der Waals surface area (Å²) in [5, 5.41) is 8.86. The molecule has 9 rings (SSSR count). The van der Waals surface area contributed by atoms with E-state index in [9.17, 15) is 0 Å². The minimum Gasteiger partial charge on any atom is -0.429 e. The van der Waals surface area contributed by atoms with Crippen LogP contribution >= 0.6 is 7.74 Å².